The molecule has 0 aromatic rings. The Bertz CT molecular complexity index is 1370. The molecule has 4 heterocycles. The van der Waals surface area contributed by atoms with Gasteiger partial charge in [0.1, 0.15) is 58.0 Å². The molecule has 0 atom stereocenters. The lowest BCUT2D eigenvalue weighted by molar-refractivity contribution is -0.175. The Morgan fingerprint density at radius 3 is 0.694 bits per heavy atom. The lowest BCUT2D eigenvalue weighted by Gasteiger charge is -2.32. The number of rotatable bonds is 16. The molecule has 0 aliphatic carbocycles. The first-order valence-electron chi connectivity index (χ1n) is 13.9. The van der Waals surface area contributed by atoms with Crippen LogP contribution in [0.3, 0.4) is 0 Å². The van der Waals surface area contributed by atoms with Crippen LogP contribution in [0.15, 0.2) is 48.6 Å². The molecule has 0 saturated heterocycles. The van der Waals surface area contributed by atoms with Crippen molar-refractivity contribution in [3.63, 3.8) is 0 Å². The largest absolute Gasteiger partial charge is 0.463 e. The zero-order valence-electron chi connectivity index (χ0n) is 25.1. The van der Waals surface area contributed by atoms with Crippen LogP contribution < -0.4 is 0 Å². The van der Waals surface area contributed by atoms with E-state index >= 15 is 0 Å². The van der Waals surface area contributed by atoms with E-state index in [1.807, 2.05) is 0 Å². The first-order chi connectivity index (χ1) is 23.2. The fourth-order valence-electron chi connectivity index (χ4n) is 4.23. The molecule has 0 fully saturated rings. The van der Waals surface area contributed by atoms with Crippen molar-refractivity contribution in [2.75, 3.05) is 52.6 Å². The number of carbonyl (C=O) groups excluding carboxylic acids is 12. The third-order valence-electron chi connectivity index (χ3n) is 6.91. The Morgan fingerprint density at radius 1 is 0.367 bits per heavy atom. The smallest absolute Gasteiger partial charge is 0.326 e. The minimum atomic E-state index is -2.03. The van der Waals surface area contributed by atoms with Gasteiger partial charge in [-0.2, -0.15) is 0 Å². The number of imide groups is 4. The predicted molar refractivity (Wildman–Crippen MR) is 150 cm³/mol. The van der Waals surface area contributed by atoms with Gasteiger partial charge in [-0.05, 0) is 0 Å². The number of nitrogens with zero attached hydrogens (tertiary/aromatic N) is 4. The first kappa shape index (κ1) is 35.3. The van der Waals surface area contributed by atoms with Gasteiger partial charge < -0.3 is 18.9 Å². The monoisotopic (exact) mass is 684 g/mol. The molecule has 0 bridgehead atoms. The summed E-state index contributed by atoms with van der Waals surface area (Å²) >= 11 is 0. The number of esters is 4. The highest BCUT2D eigenvalue weighted by Gasteiger charge is 2.40. The van der Waals surface area contributed by atoms with Crippen LogP contribution in [0.4, 0.5) is 0 Å². The molecule has 4 rings (SSSR count). The molecule has 256 valence electrons. The van der Waals surface area contributed by atoms with Crippen molar-refractivity contribution in [1.29, 1.82) is 0 Å². The van der Waals surface area contributed by atoms with E-state index in [4.69, 9.17) is 18.9 Å². The Labute approximate surface area is 274 Å². The minimum absolute atomic E-state index is 0.526. The van der Waals surface area contributed by atoms with E-state index in [0.717, 1.165) is 48.6 Å². The molecule has 0 saturated carbocycles. The van der Waals surface area contributed by atoms with Crippen LogP contribution in [0, 0.1) is 5.41 Å². The third kappa shape index (κ3) is 8.81. The molecule has 0 aromatic heterocycles. The van der Waals surface area contributed by atoms with Gasteiger partial charge in [0.15, 0.2) is 0 Å². The topological polar surface area (TPSA) is 255 Å². The first-order valence-corrected chi connectivity index (χ1v) is 13.9. The van der Waals surface area contributed by atoms with Gasteiger partial charge in [-0.15, -0.1) is 0 Å². The van der Waals surface area contributed by atoms with Crippen LogP contribution in [0.25, 0.3) is 0 Å². The van der Waals surface area contributed by atoms with Gasteiger partial charge >= 0.3 is 23.9 Å². The van der Waals surface area contributed by atoms with Crippen LogP contribution in [0.5, 0.6) is 0 Å². The molecule has 0 spiro atoms. The minimum Gasteiger partial charge on any atom is -0.463 e. The van der Waals surface area contributed by atoms with Crippen LogP contribution in [-0.4, -0.2) is 143 Å². The molecule has 0 N–H and O–H groups in total. The molecular weight excluding hydrogens is 660 g/mol. The number of ether oxygens (including phenoxy) is 4. The fraction of sp³-hybridized carbons (Fsp3) is 0.310. The number of hydrogen-bond donors (Lipinski definition) is 0. The standard InChI is InChI=1S/C29H24N4O16/c34-17-1-2-18(35)30(17)9-25(42)46-13-29(14-47-26(43)10-31-19(36)3-4-20(31)37,15-48-27(44)11-32-21(38)5-6-22(32)39)16-49-28(45)12-33-23(40)7-8-24(33)41/h1-8H,9-16H2. The van der Waals surface area contributed by atoms with Gasteiger partial charge in [0.25, 0.3) is 47.3 Å². The van der Waals surface area contributed by atoms with Crippen molar-refractivity contribution in [3.05, 3.63) is 48.6 Å². The highest BCUT2D eigenvalue weighted by atomic mass is 16.6. The molecule has 4 aliphatic heterocycles. The normalized spacial score (nSPS) is 17.0. The summed E-state index contributed by atoms with van der Waals surface area (Å²) in [5.74, 6) is -11.4. The average molecular weight is 685 g/mol. The second-order valence-corrected chi connectivity index (χ2v) is 10.5. The predicted octanol–water partition coefficient (Wildman–Crippen LogP) is -4.15. The van der Waals surface area contributed by atoms with Crippen molar-refractivity contribution in [3.8, 4) is 0 Å². The van der Waals surface area contributed by atoms with Gasteiger partial charge in [-0.25, -0.2) is 0 Å². The van der Waals surface area contributed by atoms with Gasteiger partial charge in [-0.3, -0.25) is 77.1 Å². The molecule has 0 aromatic carbocycles. The summed E-state index contributed by atoms with van der Waals surface area (Å²) < 4.78 is 20.8. The second kappa shape index (κ2) is 14.9. The van der Waals surface area contributed by atoms with E-state index in [9.17, 15) is 57.5 Å². The molecule has 4 aliphatic rings. The highest BCUT2D eigenvalue weighted by Crippen LogP contribution is 2.23. The summed E-state index contributed by atoms with van der Waals surface area (Å²) in [6.45, 7) is -7.21. The quantitative estimate of drug-likeness (QED) is 0.0849. The highest BCUT2D eigenvalue weighted by molar-refractivity contribution is 6.16. The van der Waals surface area contributed by atoms with Crippen LogP contribution in [0.1, 0.15) is 0 Å². The molecule has 0 radical (unpaired) electrons. The van der Waals surface area contributed by atoms with Crippen molar-refractivity contribution in [2.24, 2.45) is 5.41 Å². The summed E-state index contributed by atoms with van der Waals surface area (Å²) in [7, 11) is 0. The number of hydrogen-bond acceptors (Lipinski definition) is 16. The SMILES string of the molecule is O=C(CN1C(=O)C=CC1=O)OCC(COC(=O)CN1C(=O)C=CC1=O)(COC(=O)CN1C(=O)C=CC1=O)COC(=O)CN1C(=O)C=CC1=O. The summed E-state index contributed by atoms with van der Waals surface area (Å²) in [5, 5.41) is 0. The lowest BCUT2D eigenvalue weighted by Crippen LogP contribution is -2.47. The summed E-state index contributed by atoms with van der Waals surface area (Å²) in [4.78, 5) is 148. The maximum Gasteiger partial charge on any atom is 0.326 e. The van der Waals surface area contributed by atoms with E-state index < -0.39 is 129 Å². The second-order valence-electron chi connectivity index (χ2n) is 10.5. The molecule has 49 heavy (non-hydrogen) atoms. The van der Waals surface area contributed by atoms with E-state index in [1.165, 1.54) is 0 Å². The molecule has 8 amide bonds. The van der Waals surface area contributed by atoms with Crippen LogP contribution >= 0.6 is 0 Å². The maximum absolute atomic E-state index is 12.7. The van der Waals surface area contributed by atoms with Gasteiger partial charge in [0, 0.05) is 48.6 Å². The van der Waals surface area contributed by atoms with Crippen molar-refractivity contribution in [2.45, 2.75) is 0 Å². The van der Waals surface area contributed by atoms with E-state index in [2.05, 4.69) is 0 Å². The Morgan fingerprint density at radius 2 is 0.531 bits per heavy atom. The summed E-state index contributed by atoms with van der Waals surface area (Å²) in [5.41, 5.74) is -2.03. The number of amides is 8. The van der Waals surface area contributed by atoms with E-state index in [1.54, 1.807) is 0 Å². The van der Waals surface area contributed by atoms with Crippen molar-refractivity contribution >= 4 is 71.1 Å². The average Bonchev–Trinajstić information content (AvgIpc) is 3.77. The molecular formula is C29H24N4O16. The molecule has 0 unspecified atom stereocenters. The Balaban J connectivity index is 1.52. The van der Waals surface area contributed by atoms with Gasteiger partial charge in [-0.1, -0.05) is 0 Å². The number of carbonyl (C=O) groups is 12. The molecule has 20 heteroatoms. The van der Waals surface area contributed by atoms with E-state index in [-0.39, 0.29) is 0 Å². The zero-order chi connectivity index (χ0) is 35.9. The van der Waals surface area contributed by atoms with Crippen molar-refractivity contribution < 1.29 is 76.5 Å². The van der Waals surface area contributed by atoms with E-state index in [0.29, 0.717) is 19.6 Å². The van der Waals surface area contributed by atoms with Crippen molar-refractivity contribution in [1.82, 2.24) is 19.6 Å². The lowest BCUT2D eigenvalue weighted by atomic mass is 9.92. The third-order valence-corrected chi connectivity index (χ3v) is 6.91. The van der Waals surface area contributed by atoms with Gasteiger partial charge in [0.2, 0.25) is 0 Å². The van der Waals surface area contributed by atoms with Crippen LogP contribution in [-0.2, 0) is 76.5 Å². The van der Waals surface area contributed by atoms with Gasteiger partial charge in [0.05, 0.1) is 0 Å². The zero-order valence-corrected chi connectivity index (χ0v) is 25.1. The van der Waals surface area contributed by atoms with Crippen LogP contribution in [0.2, 0.25) is 0 Å². The Hall–Kier alpha value is -6.60. The summed E-state index contributed by atoms with van der Waals surface area (Å²) in [6, 6.07) is 0. The Kier molecular flexibility index (Phi) is 10.7. The maximum atomic E-state index is 12.7. The fourth-order valence-corrected chi connectivity index (χ4v) is 4.23. The summed E-state index contributed by atoms with van der Waals surface area (Å²) in [6.07, 6.45) is 7.23. The molecule has 20 nitrogen and oxygen atoms in total.